The van der Waals surface area contributed by atoms with Gasteiger partial charge < -0.3 is 24.1 Å². The van der Waals surface area contributed by atoms with Crippen LogP contribution in [0.4, 0.5) is 4.39 Å². The number of aromatic amines is 1. The van der Waals surface area contributed by atoms with E-state index in [1.54, 1.807) is 24.3 Å². The number of rotatable bonds is 9. The molecule has 4 aromatic rings. The van der Waals surface area contributed by atoms with Gasteiger partial charge in [0, 0.05) is 30.2 Å². The maximum atomic E-state index is 14.3. The SMILES string of the molecule is C[C@H]1[C@H]2CN(Cc3nc4[nH]c(C(=O)O)cc4n3C[C@@H]3CCO3)CC[C@]21c1cccc(OCc2ccc(C#N)cc2F)n1. The number of hydrogen-bond donors (Lipinski definition) is 2. The molecule has 5 heterocycles. The molecule has 10 nitrogen and oxygen atoms in total. The number of nitrogens with zero attached hydrogens (tertiary/aromatic N) is 5. The third-order valence-corrected chi connectivity index (χ3v) is 9.42. The number of piperidine rings is 1. The first-order valence-corrected chi connectivity index (χ1v) is 14.3. The first-order valence-electron chi connectivity index (χ1n) is 14.3. The Kier molecular flexibility index (Phi) is 6.48. The largest absolute Gasteiger partial charge is 0.477 e. The number of carboxylic acids is 1. The van der Waals surface area contributed by atoms with Crippen molar-refractivity contribution < 1.29 is 23.8 Å². The van der Waals surface area contributed by atoms with Crippen LogP contribution in [0, 0.1) is 29.0 Å². The normalized spacial score (nSPS) is 25.0. The van der Waals surface area contributed by atoms with Crippen molar-refractivity contribution in [3.63, 3.8) is 0 Å². The van der Waals surface area contributed by atoms with Gasteiger partial charge in [0.2, 0.25) is 5.88 Å². The lowest BCUT2D eigenvalue weighted by molar-refractivity contribution is -0.0592. The van der Waals surface area contributed by atoms with Crippen LogP contribution in [-0.2, 0) is 29.8 Å². The summed E-state index contributed by atoms with van der Waals surface area (Å²) >= 11 is 0. The van der Waals surface area contributed by atoms with Crippen LogP contribution in [-0.4, -0.2) is 61.3 Å². The first kappa shape index (κ1) is 26.6. The number of fused-ring (bicyclic) bond motifs is 2. The van der Waals surface area contributed by atoms with Gasteiger partial charge in [0.25, 0.3) is 0 Å². The summed E-state index contributed by atoms with van der Waals surface area (Å²) in [6, 6.07) is 13.8. The summed E-state index contributed by atoms with van der Waals surface area (Å²) in [4.78, 5) is 26.5. The maximum absolute atomic E-state index is 14.3. The van der Waals surface area contributed by atoms with Gasteiger partial charge in [-0.1, -0.05) is 19.1 Å². The van der Waals surface area contributed by atoms with Crippen molar-refractivity contribution in [3.05, 3.63) is 76.6 Å². The molecule has 3 aliphatic rings. The molecule has 4 atom stereocenters. The van der Waals surface area contributed by atoms with Gasteiger partial charge in [-0.15, -0.1) is 0 Å². The lowest BCUT2D eigenvalue weighted by Crippen LogP contribution is -2.37. The van der Waals surface area contributed by atoms with E-state index in [1.807, 2.05) is 12.1 Å². The van der Waals surface area contributed by atoms with Crippen LogP contribution in [0.3, 0.4) is 0 Å². The number of carboxylic acid groups (broad SMARTS) is 1. The highest BCUT2D eigenvalue weighted by Crippen LogP contribution is 2.63. The maximum Gasteiger partial charge on any atom is 0.352 e. The topological polar surface area (TPSA) is 129 Å². The van der Waals surface area contributed by atoms with Crippen molar-refractivity contribution in [2.45, 2.75) is 51.0 Å². The third kappa shape index (κ3) is 4.51. The molecule has 3 aromatic heterocycles. The van der Waals surface area contributed by atoms with Gasteiger partial charge in [0.1, 0.15) is 23.9 Å². The van der Waals surface area contributed by atoms with Gasteiger partial charge in [-0.2, -0.15) is 5.26 Å². The summed E-state index contributed by atoms with van der Waals surface area (Å²) < 4.78 is 28.0. The third-order valence-electron chi connectivity index (χ3n) is 9.42. The van der Waals surface area contributed by atoms with Crippen molar-refractivity contribution in [2.75, 3.05) is 19.7 Å². The molecule has 0 bridgehead atoms. The first-order chi connectivity index (χ1) is 20.4. The van der Waals surface area contributed by atoms with Crippen molar-refractivity contribution in [1.82, 2.24) is 24.4 Å². The minimum Gasteiger partial charge on any atom is -0.477 e. The number of carbonyl (C=O) groups is 1. The van der Waals surface area contributed by atoms with E-state index in [4.69, 9.17) is 24.7 Å². The fourth-order valence-corrected chi connectivity index (χ4v) is 6.83. The summed E-state index contributed by atoms with van der Waals surface area (Å²) in [6.45, 7) is 6.19. The molecule has 42 heavy (non-hydrogen) atoms. The zero-order chi connectivity index (χ0) is 29.0. The molecule has 7 rings (SSSR count). The molecule has 1 saturated carbocycles. The van der Waals surface area contributed by atoms with Crippen LogP contribution in [0.25, 0.3) is 11.2 Å². The molecule has 2 N–H and O–H groups in total. The van der Waals surface area contributed by atoms with Crippen LogP contribution in [0.1, 0.15) is 52.9 Å². The number of aromatic nitrogens is 4. The number of imidazole rings is 1. The van der Waals surface area contributed by atoms with E-state index in [9.17, 15) is 14.3 Å². The molecule has 0 spiro atoms. The number of halogens is 1. The average molecular weight is 571 g/mol. The zero-order valence-electron chi connectivity index (χ0n) is 23.2. The molecule has 216 valence electrons. The summed E-state index contributed by atoms with van der Waals surface area (Å²) in [5.74, 6) is 0.798. The molecule has 0 radical (unpaired) electrons. The molecule has 1 aromatic carbocycles. The van der Waals surface area contributed by atoms with Crippen LogP contribution in [0.5, 0.6) is 5.88 Å². The molecule has 11 heteroatoms. The van der Waals surface area contributed by atoms with Crippen molar-refractivity contribution in [1.29, 1.82) is 5.26 Å². The monoisotopic (exact) mass is 570 g/mol. The fraction of sp³-hybridized carbons (Fsp3) is 0.419. The van der Waals surface area contributed by atoms with Gasteiger partial charge in [0.15, 0.2) is 5.65 Å². The summed E-state index contributed by atoms with van der Waals surface area (Å²) in [5, 5.41) is 18.4. The molecular formula is C31H31FN6O4. The zero-order valence-corrected chi connectivity index (χ0v) is 23.2. The molecule has 0 amide bonds. The number of pyridine rings is 1. The summed E-state index contributed by atoms with van der Waals surface area (Å²) in [5.41, 5.74) is 3.17. The number of benzene rings is 1. The number of ether oxygens (including phenoxy) is 2. The minimum absolute atomic E-state index is 0.0206. The Labute approximate surface area is 241 Å². The number of nitriles is 1. The van der Waals surface area contributed by atoms with Gasteiger partial charge in [-0.05, 0) is 55.5 Å². The van der Waals surface area contributed by atoms with E-state index in [2.05, 4.69) is 27.4 Å². The number of hydrogen-bond acceptors (Lipinski definition) is 7. The summed E-state index contributed by atoms with van der Waals surface area (Å²) in [6.07, 6.45) is 2.06. The molecule has 3 fully saturated rings. The van der Waals surface area contributed by atoms with Crippen molar-refractivity contribution >= 4 is 17.1 Å². The Morgan fingerprint density at radius 2 is 2.17 bits per heavy atom. The van der Waals surface area contributed by atoms with E-state index in [0.717, 1.165) is 49.6 Å². The minimum atomic E-state index is -0.999. The van der Waals surface area contributed by atoms with Gasteiger partial charge in [0.05, 0.1) is 42.0 Å². The number of likely N-dealkylation sites (tertiary alicyclic amines) is 1. The standard InChI is InChI=1S/C31H31FN6O4/c1-18-22-15-37(16-27-36-29-25(12-24(34-29)30(39)40)38(27)14-21-7-10-41-21)9-8-31(18,22)26-3-2-4-28(35-26)42-17-20-6-5-19(13-33)11-23(20)32/h2-6,11-12,18,21-22,34H,7-10,14-17H2,1H3,(H,39,40)/t18-,21-,22+,31+/m0/s1. The van der Waals surface area contributed by atoms with E-state index in [0.29, 0.717) is 42.0 Å². The molecule has 1 aliphatic carbocycles. The van der Waals surface area contributed by atoms with E-state index in [1.165, 1.54) is 6.07 Å². The highest BCUT2D eigenvalue weighted by Gasteiger charge is 2.65. The van der Waals surface area contributed by atoms with Crippen LogP contribution < -0.4 is 4.74 Å². The molecule has 2 saturated heterocycles. The fourth-order valence-electron chi connectivity index (χ4n) is 6.83. The van der Waals surface area contributed by atoms with Crippen molar-refractivity contribution in [2.24, 2.45) is 11.8 Å². The number of aromatic carboxylic acids is 1. The second kappa shape index (κ2) is 10.2. The van der Waals surface area contributed by atoms with E-state index >= 15 is 0 Å². The highest BCUT2D eigenvalue weighted by atomic mass is 19.1. The quantitative estimate of drug-likeness (QED) is 0.306. The molecule has 0 unspecified atom stereocenters. The van der Waals surface area contributed by atoms with Gasteiger partial charge in [-0.3, -0.25) is 4.90 Å². The van der Waals surface area contributed by atoms with Crippen LogP contribution >= 0.6 is 0 Å². The number of nitrogens with one attached hydrogen (secondary N) is 1. The van der Waals surface area contributed by atoms with Crippen LogP contribution in [0.15, 0.2) is 42.5 Å². The average Bonchev–Trinajstić information content (AvgIpc) is 3.21. The Morgan fingerprint density at radius 1 is 1.31 bits per heavy atom. The van der Waals surface area contributed by atoms with Crippen LogP contribution in [0.2, 0.25) is 0 Å². The Balaban J connectivity index is 1.05. The Bertz CT molecular complexity index is 1720. The second-order valence-electron chi connectivity index (χ2n) is 11.6. The number of H-pyrrole nitrogens is 1. The lowest BCUT2D eigenvalue weighted by atomic mass is 9.90. The Morgan fingerprint density at radius 3 is 2.88 bits per heavy atom. The van der Waals surface area contributed by atoms with Gasteiger partial charge >= 0.3 is 5.97 Å². The predicted octanol–water partition coefficient (Wildman–Crippen LogP) is 4.25. The van der Waals surface area contributed by atoms with E-state index < -0.39 is 11.8 Å². The van der Waals surface area contributed by atoms with Crippen molar-refractivity contribution in [3.8, 4) is 11.9 Å². The van der Waals surface area contributed by atoms with E-state index in [-0.39, 0.29) is 29.4 Å². The highest BCUT2D eigenvalue weighted by molar-refractivity contribution is 5.91. The second-order valence-corrected chi connectivity index (χ2v) is 11.6. The molecule has 2 aliphatic heterocycles. The lowest BCUT2D eigenvalue weighted by Gasteiger charge is -2.32. The van der Waals surface area contributed by atoms with Gasteiger partial charge in [-0.25, -0.2) is 19.2 Å². The predicted molar refractivity (Wildman–Crippen MR) is 149 cm³/mol. The smallest absolute Gasteiger partial charge is 0.352 e. The molecular weight excluding hydrogens is 539 g/mol. The Hall–Kier alpha value is -4.27. The summed E-state index contributed by atoms with van der Waals surface area (Å²) in [7, 11) is 0.